The fraction of sp³-hybridized carbons (Fsp3) is 0.455. The van der Waals surface area contributed by atoms with E-state index in [2.05, 4.69) is 27.4 Å². The summed E-state index contributed by atoms with van der Waals surface area (Å²) in [6, 6.07) is 10.3. The van der Waals surface area contributed by atoms with Crippen LogP contribution in [0.2, 0.25) is 0 Å². The molecule has 150 valence electrons. The van der Waals surface area contributed by atoms with Gasteiger partial charge in [-0.05, 0) is 31.2 Å². The van der Waals surface area contributed by atoms with E-state index in [9.17, 15) is 9.59 Å². The molecule has 6 heteroatoms. The lowest BCUT2D eigenvalue weighted by Crippen LogP contribution is -2.39. The zero-order valence-electron chi connectivity index (χ0n) is 17.0. The summed E-state index contributed by atoms with van der Waals surface area (Å²) in [5.74, 6) is 0.0708. The summed E-state index contributed by atoms with van der Waals surface area (Å²) in [5.41, 5.74) is 1.57. The molecule has 0 aliphatic heterocycles. The summed E-state index contributed by atoms with van der Waals surface area (Å²) in [6.07, 6.45) is 6.57. The maximum Gasteiger partial charge on any atom is 0.274 e. The van der Waals surface area contributed by atoms with Crippen molar-refractivity contribution in [3.63, 3.8) is 0 Å². The Balaban J connectivity index is 1.82. The molecule has 0 saturated carbocycles. The molecular weight excluding hydrogens is 352 g/mol. The van der Waals surface area contributed by atoms with Gasteiger partial charge >= 0.3 is 0 Å². The number of carbonyl (C=O) groups excluding carboxylic acids is 2. The molecule has 0 bridgehead atoms. The molecule has 0 aliphatic rings. The average molecular weight is 383 g/mol. The number of hydrogen-bond acceptors (Lipinski definition) is 4. The largest absolute Gasteiger partial charge is 0.354 e. The lowest BCUT2D eigenvalue weighted by molar-refractivity contribution is -0.121. The van der Waals surface area contributed by atoms with Crippen molar-refractivity contribution in [2.24, 2.45) is 5.92 Å². The number of hydrogen-bond donors (Lipinski definition) is 1. The molecule has 2 amide bonds. The van der Waals surface area contributed by atoms with Crippen molar-refractivity contribution in [3.05, 3.63) is 60.2 Å². The van der Waals surface area contributed by atoms with Gasteiger partial charge in [0.1, 0.15) is 5.69 Å². The van der Waals surface area contributed by atoms with Gasteiger partial charge in [-0.25, -0.2) is 4.98 Å². The lowest BCUT2D eigenvalue weighted by Gasteiger charge is -2.24. The minimum atomic E-state index is -0.188. The Morgan fingerprint density at radius 2 is 1.86 bits per heavy atom. The maximum atomic E-state index is 12.7. The number of benzene rings is 1. The van der Waals surface area contributed by atoms with E-state index in [0.29, 0.717) is 24.7 Å². The van der Waals surface area contributed by atoms with Crippen molar-refractivity contribution in [2.75, 3.05) is 13.1 Å². The number of nitrogens with one attached hydrogen (secondary N) is 1. The highest BCUT2D eigenvalue weighted by Crippen LogP contribution is 2.07. The SMILES string of the molecule is CC(C)CN(CCC(=O)NC(C)CCc1ccccc1)C(=O)c1cnccn1. The smallest absolute Gasteiger partial charge is 0.274 e. The summed E-state index contributed by atoms with van der Waals surface area (Å²) in [5, 5.41) is 3.03. The topological polar surface area (TPSA) is 75.2 Å². The van der Waals surface area contributed by atoms with E-state index in [1.165, 1.54) is 24.2 Å². The first-order valence-electron chi connectivity index (χ1n) is 9.84. The van der Waals surface area contributed by atoms with Crippen LogP contribution < -0.4 is 5.32 Å². The van der Waals surface area contributed by atoms with Crippen molar-refractivity contribution in [1.29, 1.82) is 0 Å². The monoisotopic (exact) mass is 382 g/mol. The first-order chi connectivity index (χ1) is 13.5. The van der Waals surface area contributed by atoms with Crippen molar-refractivity contribution in [1.82, 2.24) is 20.2 Å². The zero-order chi connectivity index (χ0) is 20.4. The number of amides is 2. The molecule has 0 fully saturated rings. The molecule has 1 aromatic carbocycles. The van der Waals surface area contributed by atoms with Gasteiger partial charge in [0.2, 0.25) is 5.91 Å². The zero-order valence-corrected chi connectivity index (χ0v) is 17.0. The molecule has 28 heavy (non-hydrogen) atoms. The van der Waals surface area contributed by atoms with E-state index in [0.717, 1.165) is 12.8 Å². The number of aromatic nitrogens is 2. The Morgan fingerprint density at radius 3 is 2.50 bits per heavy atom. The van der Waals surface area contributed by atoms with Crippen molar-refractivity contribution < 1.29 is 9.59 Å². The number of nitrogens with zero attached hydrogens (tertiary/aromatic N) is 3. The third-order valence-electron chi connectivity index (χ3n) is 4.38. The van der Waals surface area contributed by atoms with Gasteiger partial charge in [0.15, 0.2) is 0 Å². The van der Waals surface area contributed by atoms with Crippen LogP contribution >= 0.6 is 0 Å². The van der Waals surface area contributed by atoms with Crippen LogP contribution in [0.3, 0.4) is 0 Å². The van der Waals surface area contributed by atoms with E-state index in [4.69, 9.17) is 0 Å². The Bertz CT molecular complexity index is 735. The van der Waals surface area contributed by atoms with Crippen LogP contribution in [0.4, 0.5) is 0 Å². The highest BCUT2D eigenvalue weighted by Gasteiger charge is 2.19. The molecule has 0 radical (unpaired) electrons. The van der Waals surface area contributed by atoms with Crippen LogP contribution in [-0.4, -0.2) is 45.8 Å². The van der Waals surface area contributed by atoms with Crippen LogP contribution in [-0.2, 0) is 11.2 Å². The minimum Gasteiger partial charge on any atom is -0.354 e. The van der Waals surface area contributed by atoms with Crippen LogP contribution in [0.25, 0.3) is 0 Å². The second-order valence-electron chi connectivity index (χ2n) is 7.48. The molecule has 1 aromatic heterocycles. The van der Waals surface area contributed by atoms with Crippen molar-refractivity contribution in [2.45, 2.75) is 46.1 Å². The van der Waals surface area contributed by atoms with E-state index >= 15 is 0 Å². The molecule has 2 aromatic rings. The van der Waals surface area contributed by atoms with Gasteiger partial charge in [0.05, 0.1) is 6.20 Å². The van der Waals surface area contributed by atoms with E-state index < -0.39 is 0 Å². The molecular formula is C22H30N4O2. The van der Waals surface area contributed by atoms with E-state index in [1.54, 1.807) is 4.90 Å². The lowest BCUT2D eigenvalue weighted by atomic mass is 10.1. The number of carbonyl (C=O) groups is 2. The fourth-order valence-electron chi connectivity index (χ4n) is 2.97. The molecule has 1 unspecified atom stereocenters. The molecule has 6 nitrogen and oxygen atoms in total. The van der Waals surface area contributed by atoms with Crippen LogP contribution in [0, 0.1) is 5.92 Å². The van der Waals surface area contributed by atoms with Gasteiger partial charge in [-0.1, -0.05) is 44.2 Å². The third-order valence-corrected chi connectivity index (χ3v) is 4.38. The Hall–Kier alpha value is -2.76. The number of rotatable bonds is 10. The Labute approximate surface area is 167 Å². The van der Waals surface area contributed by atoms with Gasteiger partial charge < -0.3 is 10.2 Å². The highest BCUT2D eigenvalue weighted by atomic mass is 16.2. The predicted octanol–water partition coefficient (Wildman–Crippen LogP) is 3.10. The van der Waals surface area contributed by atoms with Crippen LogP contribution in [0.5, 0.6) is 0 Å². The van der Waals surface area contributed by atoms with Gasteiger partial charge in [0, 0.05) is 37.9 Å². The molecule has 1 N–H and O–H groups in total. The molecule has 0 spiro atoms. The van der Waals surface area contributed by atoms with Gasteiger partial charge in [0.25, 0.3) is 5.91 Å². The number of aryl methyl sites for hydroxylation is 1. The Kier molecular flexibility index (Phi) is 8.59. The molecule has 1 heterocycles. The first kappa shape index (κ1) is 21.5. The van der Waals surface area contributed by atoms with Crippen LogP contribution in [0.1, 0.15) is 49.7 Å². The summed E-state index contributed by atoms with van der Waals surface area (Å²) in [7, 11) is 0. The molecule has 0 saturated heterocycles. The summed E-state index contributed by atoms with van der Waals surface area (Å²) < 4.78 is 0. The standard InChI is InChI=1S/C22H30N4O2/c1-17(2)16-26(22(28)20-15-23-12-13-24-20)14-11-21(27)25-18(3)9-10-19-7-5-4-6-8-19/h4-8,12-13,15,17-18H,9-11,14,16H2,1-3H3,(H,25,27). The van der Waals surface area contributed by atoms with E-state index in [-0.39, 0.29) is 24.3 Å². The Morgan fingerprint density at radius 1 is 1.11 bits per heavy atom. The second kappa shape index (κ2) is 11.2. The molecule has 2 rings (SSSR count). The third kappa shape index (κ3) is 7.47. The van der Waals surface area contributed by atoms with Gasteiger partial charge in [-0.3, -0.25) is 14.6 Å². The predicted molar refractivity (Wildman–Crippen MR) is 110 cm³/mol. The average Bonchev–Trinajstić information content (AvgIpc) is 2.70. The minimum absolute atomic E-state index is 0.0405. The molecule has 1 atom stereocenters. The molecule has 0 aliphatic carbocycles. The second-order valence-corrected chi connectivity index (χ2v) is 7.48. The summed E-state index contributed by atoms with van der Waals surface area (Å²) in [6.45, 7) is 7.04. The maximum absolute atomic E-state index is 12.7. The highest BCUT2D eigenvalue weighted by molar-refractivity contribution is 5.92. The summed E-state index contributed by atoms with van der Waals surface area (Å²) >= 11 is 0. The van der Waals surface area contributed by atoms with Gasteiger partial charge in [-0.15, -0.1) is 0 Å². The fourth-order valence-corrected chi connectivity index (χ4v) is 2.97. The van der Waals surface area contributed by atoms with E-state index in [1.807, 2.05) is 39.0 Å². The quantitative estimate of drug-likeness (QED) is 0.685. The van der Waals surface area contributed by atoms with Crippen molar-refractivity contribution in [3.8, 4) is 0 Å². The summed E-state index contributed by atoms with van der Waals surface area (Å²) in [4.78, 5) is 34.7. The normalized spacial score (nSPS) is 11.9. The first-order valence-corrected chi connectivity index (χ1v) is 9.84. The van der Waals surface area contributed by atoms with Gasteiger partial charge in [-0.2, -0.15) is 0 Å². The van der Waals surface area contributed by atoms with Crippen LogP contribution in [0.15, 0.2) is 48.9 Å². The van der Waals surface area contributed by atoms with Crippen molar-refractivity contribution >= 4 is 11.8 Å².